The van der Waals surface area contributed by atoms with Gasteiger partial charge in [-0.05, 0) is 54.7 Å². The Morgan fingerprint density at radius 3 is 2.59 bits per heavy atom. The number of aliphatic imine (C=N–C) groups is 1. The van der Waals surface area contributed by atoms with Gasteiger partial charge in [-0.15, -0.1) is 0 Å². The molecular weight excluding hydrogens is 426 g/mol. The van der Waals surface area contributed by atoms with Crippen molar-refractivity contribution in [3.8, 4) is 23.1 Å². The number of ether oxygens (including phenoxy) is 2. The average molecular weight is 452 g/mol. The third-order valence-electron chi connectivity index (χ3n) is 6.60. The number of aromatic nitrogens is 2. The number of benzene rings is 2. The van der Waals surface area contributed by atoms with Crippen molar-refractivity contribution < 1.29 is 9.47 Å². The molecule has 3 aliphatic rings. The van der Waals surface area contributed by atoms with E-state index >= 15 is 0 Å². The number of fused-ring (bicyclic) bond motifs is 1. The van der Waals surface area contributed by atoms with E-state index in [1.165, 1.54) is 18.5 Å². The van der Waals surface area contributed by atoms with Crippen molar-refractivity contribution in [1.29, 1.82) is 5.26 Å². The van der Waals surface area contributed by atoms with Crippen LogP contribution in [0.1, 0.15) is 29.7 Å². The van der Waals surface area contributed by atoms with Crippen LogP contribution in [0.3, 0.4) is 0 Å². The molecule has 2 aliphatic heterocycles. The molecule has 6 rings (SSSR count). The lowest BCUT2D eigenvalue weighted by molar-refractivity contribution is 0.122. The van der Waals surface area contributed by atoms with E-state index in [9.17, 15) is 5.26 Å². The Labute approximate surface area is 198 Å². The Morgan fingerprint density at radius 1 is 1.03 bits per heavy atom. The van der Waals surface area contributed by atoms with Crippen molar-refractivity contribution in [2.45, 2.75) is 19.3 Å². The van der Waals surface area contributed by atoms with Gasteiger partial charge in [0.1, 0.15) is 23.8 Å². The number of hydrogen-bond donors (Lipinski definition) is 0. The van der Waals surface area contributed by atoms with Crippen molar-refractivity contribution in [3.05, 3.63) is 65.6 Å². The summed E-state index contributed by atoms with van der Waals surface area (Å²) in [4.78, 5) is 16.3. The normalized spacial score (nSPS) is 17.1. The molecule has 0 unspecified atom stereocenters. The minimum absolute atomic E-state index is 0.520. The van der Waals surface area contributed by atoms with Crippen molar-refractivity contribution in [2.24, 2.45) is 10.9 Å². The molecule has 3 aromatic rings. The monoisotopic (exact) mass is 451 g/mol. The quantitative estimate of drug-likeness (QED) is 0.555. The predicted octanol–water partition coefficient (Wildman–Crippen LogP) is 4.32. The van der Waals surface area contributed by atoms with Gasteiger partial charge in [-0.25, -0.2) is 15.0 Å². The van der Waals surface area contributed by atoms with Crippen molar-refractivity contribution in [2.75, 3.05) is 37.8 Å². The molecule has 1 saturated heterocycles. The van der Waals surface area contributed by atoms with Gasteiger partial charge in [0.2, 0.25) is 0 Å². The van der Waals surface area contributed by atoms with Crippen molar-refractivity contribution in [3.63, 3.8) is 0 Å². The maximum atomic E-state index is 9.67. The average Bonchev–Trinajstić information content (AvgIpc) is 3.63. The highest BCUT2D eigenvalue weighted by atomic mass is 16.5. The topological polar surface area (TPSA) is 83.6 Å². The van der Waals surface area contributed by atoms with E-state index in [2.05, 4.69) is 45.2 Å². The Hall–Kier alpha value is -3.76. The molecule has 3 heterocycles. The molecular formula is C27H25N5O2. The van der Waals surface area contributed by atoms with Gasteiger partial charge < -0.3 is 14.4 Å². The van der Waals surface area contributed by atoms with Crippen LogP contribution >= 0.6 is 0 Å². The lowest BCUT2D eigenvalue weighted by Crippen LogP contribution is -2.36. The van der Waals surface area contributed by atoms with E-state index in [1.807, 2.05) is 18.2 Å². The highest BCUT2D eigenvalue weighted by molar-refractivity contribution is 6.07. The zero-order valence-corrected chi connectivity index (χ0v) is 18.9. The number of morpholine rings is 1. The van der Waals surface area contributed by atoms with Crippen LogP contribution in [0, 0.1) is 17.2 Å². The van der Waals surface area contributed by atoms with Crippen molar-refractivity contribution >= 4 is 17.1 Å². The molecule has 2 aromatic carbocycles. The smallest absolute Gasteiger partial charge is 0.137 e. The van der Waals surface area contributed by atoms with Gasteiger partial charge in [0.05, 0.1) is 42.5 Å². The molecule has 7 nitrogen and oxygen atoms in total. The molecule has 0 radical (unpaired) electrons. The molecule has 7 heteroatoms. The molecule has 0 bridgehead atoms. The van der Waals surface area contributed by atoms with Gasteiger partial charge in [0, 0.05) is 30.8 Å². The van der Waals surface area contributed by atoms with Gasteiger partial charge in [-0.2, -0.15) is 5.26 Å². The fraction of sp³-hybridized carbons (Fsp3) is 0.333. The van der Waals surface area contributed by atoms with Gasteiger partial charge >= 0.3 is 0 Å². The minimum Gasteiger partial charge on any atom is -0.492 e. The number of nitrogens with zero attached hydrogens (tertiary/aromatic N) is 5. The van der Waals surface area contributed by atoms with E-state index in [4.69, 9.17) is 14.5 Å². The van der Waals surface area contributed by atoms with Gasteiger partial charge in [0.25, 0.3) is 0 Å². The molecule has 0 amide bonds. The Balaban J connectivity index is 1.26. The van der Waals surface area contributed by atoms with E-state index in [-0.39, 0.29) is 0 Å². The first-order valence-electron chi connectivity index (χ1n) is 11.8. The molecule has 0 N–H and O–H groups in total. The van der Waals surface area contributed by atoms with Gasteiger partial charge in [-0.3, -0.25) is 0 Å². The zero-order valence-electron chi connectivity index (χ0n) is 18.9. The van der Waals surface area contributed by atoms with E-state index < -0.39 is 0 Å². The summed E-state index contributed by atoms with van der Waals surface area (Å²) in [5.74, 6) is 1.26. The highest BCUT2D eigenvalue weighted by Crippen LogP contribution is 2.38. The Kier molecular flexibility index (Phi) is 5.44. The third kappa shape index (κ3) is 4.13. The summed E-state index contributed by atoms with van der Waals surface area (Å²) in [7, 11) is 0. The molecule has 2 fully saturated rings. The Morgan fingerprint density at radius 2 is 1.82 bits per heavy atom. The second kappa shape index (κ2) is 8.88. The second-order valence-electron chi connectivity index (χ2n) is 8.98. The molecule has 0 spiro atoms. The standard InChI is InChI=1S/C27H25N5O2/c28-15-21-13-20(5-8-25(21)34-16-18-1-2-18)26-27-24(29-17-30-26)14-23(31-27)19-3-6-22(7-4-19)32-9-11-33-12-10-32/h3-8,13,17-18H,1-2,9-12,14,16H2. The van der Waals surface area contributed by atoms with Crippen LogP contribution in [-0.2, 0) is 11.2 Å². The summed E-state index contributed by atoms with van der Waals surface area (Å²) in [6.07, 6.45) is 4.67. The van der Waals surface area contributed by atoms with Crippen LogP contribution in [0.4, 0.5) is 11.4 Å². The first-order chi connectivity index (χ1) is 16.8. The van der Waals surface area contributed by atoms with Gasteiger partial charge in [-0.1, -0.05) is 12.1 Å². The first-order valence-corrected chi connectivity index (χ1v) is 11.8. The largest absolute Gasteiger partial charge is 0.492 e. The van der Waals surface area contributed by atoms with E-state index in [1.54, 1.807) is 6.33 Å². The molecule has 34 heavy (non-hydrogen) atoms. The van der Waals surface area contributed by atoms with E-state index in [0.29, 0.717) is 30.3 Å². The number of nitriles is 1. The second-order valence-corrected chi connectivity index (χ2v) is 8.98. The van der Waals surface area contributed by atoms with E-state index in [0.717, 1.165) is 60.2 Å². The minimum atomic E-state index is 0.520. The lowest BCUT2D eigenvalue weighted by atomic mass is 10.0. The summed E-state index contributed by atoms with van der Waals surface area (Å²) in [6.45, 7) is 4.05. The fourth-order valence-electron chi connectivity index (χ4n) is 4.44. The zero-order chi connectivity index (χ0) is 22.9. The summed E-state index contributed by atoms with van der Waals surface area (Å²) in [6, 6.07) is 16.5. The summed E-state index contributed by atoms with van der Waals surface area (Å²) < 4.78 is 11.3. The summed E-state index contributed by atoms with van der Waals surface area (Å²) in [5.41, 5.74) is 7.08. The molecule has 1 saturated carbocycles. The van der Waals surface area contributed by atoms with Crippen LogP contribution in [0.25, 0.3) is 11.3 Å². The molecule has 1 aliphatic carbocycles. The molecule has 1 aromatic heterocycles. The maximum absolute atomic E-state index is 9.67. The number of hydrogen-bond acceptors (Lipinski definition) is 7. The van der Waals surface area contributed by atoms with Crippen LogP contribution in [0.15, 0.2) is 53.8 Å². The highest BCUT2D eigenvalue weighted by Gasteiger charge is 2.24. The van der Waals surface area contributed by atoms with Crippen LogP contribution in [0.5, 0.6) is 5.75 Å². The third-order valence-corrected chi connectivity index (χ3v) is 6.60. The van der Waals surface area contributed by atoms with Crippen LogP contribution in [-0.4, -0.2) is 48.6 Å². The first kappa shape index (κ1) is 20.8. The number of rotatable bonds is 6. The van der Waals surface area contributed by atoms with Gasteiger partial charge in [0.15, 0.2) is 0 Å². The molecule has 0 atom stereocenters. The maximum Gasteiger partial charge on any atom is 0.137 e. The van der Waals surface area contributed by atoms with Crippen LogP contribution in [0.2, 0.25) is 0 Å². The van der Waals surface area contributed by atoms with Crippen molar-refractivity contribution in [1.82, 2.24) is 9.97 Å². The SMILES string of the molecule is N#Cc1cc(-c2ncnc3c2N=C(c2ccc(N4CCOCC4)cc2)C3)ccc1OCC1CC1. The molecule has 170 valence electrons. The van der Waals surface area contributed by atoms with Crippen LogP contribution < -0.4 is 9.64 Å². The number of anilines is 1. The Bertz CT molecular complexity index is 1290. The fourth-order valence-corrected chi connectivity index (χ4v) is 4.44. The summed E-state index contributed by atoms with van der Waals surface area (Å²) >= 11 is 0. The summed E-state index contributed by atoms with van der Waals surface area (Å²) in [5, 5.41) is 9.67. The lowest BCUT2D eigenvalue weighted by Gasteiger charge is -2.28. The predicted molar refractivity (Wildman–Crippen MR) is 130 cm³/mol.